The zero-order valence-electron chi connectivity index (χ0n) is 15.5. The first-order chi connectivity index (χ1) is 10.2. The number of hydrogen-bond acceptors (Lipinski definition) is 3. The molecule has 1 fully saturated rings. The zero-order chi connectivity index (χ0) is 15.3. The largest absolute Gasteiger partial charge is 1.00 e. The predicted octanol–water partition coefficient (Wildman–Crippen LogP) is -6.15. The Hall–Kier alpha value is 1.46. The third-order valence-electron chi connectivity index (χ3n) is 4.56. The molecule has 1 heterocycles. The van der Waals surface area contributed by atoms with E-state index in [-0.39, 0.29) is 37.2 Å². The van der Waals surface area contributed by atoms with Crippen molar-refractivity contribution in [2.45, 2.75) is 62.1 Å². The minimum Gasteiger partial charge on any atom is -1.00 e. The number of nitrogens with zero attached hydrogens (tertiary/aromatic N) is 2. The van der Waals surface area contributed by atoms with E-state index in [1.165, 1.54) is 90.5 Å². The molecule has 0 aromatic rings. The van der Waals surface area contributed by atoms with Crippen molar-refractivity contribution in [3.8, 4) is 0 Å². The summed E-state index contributed by atoms with van der Waals surface area (Å²) >= 11 is 2.39. The summed E-state index contributed by atoms with van der Waals surface area (Å²) in [5.74, 6) is 0. The van der Waals surface area contributed by atoms with Gasteiger partial charge in [-0.3, -0.25) is 0 Å². The van der Waals surface area contributed by atoms with E-state index in [2.05, 4.69) is 49.6 Å². The molecule has 1 rings (SSSR count). The molecule has 24 heavy (non-hydrogen) atoms. The molecule has 1 N–H and O–H groups in total. The molecule has 0 saturated carbocycles. The van der Waals surface area contributed by atoms with Crippen LogP contribution in [-0.2, 0) is 20.4 Å². The Morgan fingerprint density at radius 1 is 0.708 bits per heavy atom. The Balaban J connectivity index is -0.00000147. The van der Waals surface area contributed by atoms with Gasteiger partial charge in [0.25, 0.3) is 0 Å². The van der Waals surface area contributed by atoms with Crippen LogP contribution in [0.3, 0.4) is 0 Å². The normalized spacial score (nSPS) is 24.4. The summed E-state index contributed by atoms with van der Waals surface area (Å²) < 4.78 is 0.742. The fourth-order valence-corrected chi connectivity index (χ4v) is 3.45. The van der Waals surface area contributed by atoms with Crippen LogP contribution in [0.2, 0.25) is 0 Å². The van der Waals surface area contributed by atoms with Crippen LogP contribution in [0.25, 0.3) is 0 Å². The monoisotopic (exact) mass is 435 g/mol. The van der Waals surface area contributed by atoms with Gasteiger partial charge in [0, 0.05) is 0 Å². The molecule has 0 radical (unpaired) electrons. The first-order valence-electron chi connectivity index (χ1n) is 9.01. The Bertz CT molecular complexity index is 251. The number of nitrogens with one attached hydrogen (secondary N) is 1. The first kappa shape index (κ1) is 30.2. The molecule has 3 nitrogen and oxygen atoms in total. The molecule has 1 unspecified atom stereocenters. The molecular formula is C17H36Cl3N3Ti. The fraction of sp³-hybridized carbons (Fsp3) is 1.00. The Labute approximate surface area is 181 Å². The molecule has 7 heteroatoms. The van der Waals surface area contributed by atoms with Gasteiger partial charge in [-0.05, 0) is 0 Å². The van der Waals surface area contributed by atoms with Gasteiger partial charge in [-0.1, -0.05) is 0 Å². The van der Waals surface area contributed by atoms with Crippen molar-refractivity contribution in [2.75, 3.05) is 46.8 Å². The minimum atomic E-state index is 0. The van der Waals surface area contributed by atoms with E-state index in [1.54, 1.807) is 0 Å². The van der Waals surface area contributed by atoms with Crippen molar-refractivity contribution in [3.05, 3.63) is 0 Å². The molecule has 0 aromatic heterocycles. The number of halogens is 3. The molecule has 0 bridgehead atoms. The van der Waals surface area contributed by atoms with Crippen LogP contribution in [0.15, 0.2) is 0 Å². The minimum absolute atomic E-state index is 0. The molecule has 0 aliphatic carbocycles. The molecule has 144 valence electrons. The van der Waals surface area contributed by atoms with Gasteiger partial charge < -0.3 is 37.2 Å². The zero-order valence-corrected chi connectivity index (χ0v) is 19.3. The Morgan fingerprint density at radius 2 is 1.21 bits per heavy atom. The van der Waals surface area contributed by atoms with E-state index in [4.69, 9.17) is 0 Å². The van der Waals surface area contributed by atoms with Crippen LogP contribution >= 0.6 is 0 Å². The predicted molar refractivity (Wildman–Crippen MR) is 88.3 cm³/mol. The van der Waals surface area contributed by atoms with Gasteiger partial charge in [0.15, 0.2) is 0 Å². The molecule has 1 aliphatic heterocycles. The van der Waals surface area contributed by atoms with Crippen LogP contribution in [-0.4, -0.2) is 61.0 Å². The average Bonchev–Trinajstić information content (AvgIpc) is 2.47. The summed E-state index contributed by atoms with van der Waals surface area (Å²) in [6, 6.07) is 0. The van der Waals surface area contributed by atoms with Crippen molar-refractivity contribution >= 4 is 0 Å². The van der Waals surface area contributed by atoms with Gasteiger partial charge in [0.2, 0.25) is 0 Å². The molecule has 0 amide bonds. The molecule has 1 saturated heterocycles. The summed E-state index contributed by atoms with van der Waals surface area (Å²) in [6.07, 6.45) is 12.2. The number of rotatable bonds is 0. The van der Waals surface area contributed by atoms with Crippen LogP contribution < -0.4 is 42.5 Å². The second-order valence-electron chi connectivity index (χ2n) is 6.67. The van der Waals surface area contributed by atoms with E-state index in [0.29, 0.717) is 0 Å². The Morgan fingerprint density at radius 3 is 1.83 bits per heavy atom. The molecule has 1 atom stereocenters. The average molecular weight is 437 g/mol. The maximum Gasteiger partial charge on any atom is -1.00 e. The van der Waals surface area contributed by atoms with E-state index in [0.717, 1.165) is 4.35 Å². The molecular weight excluding hydrogens is 400 g/mol. The second kappa shape index (κ2) is 20.8. The third-order valence-corrected chi connectivity index (χ3v) is 5.70. The van der Waals surface area contributed by atoms with Crippen molar-refractivity contribution < 1.29 is 57.7 Å². The quantitative estimate of drug-likeness (QED) is 0.382. The van der Waals surface area contributed by atoms with Gasteiger partial charge in [-0.2, -0.15) is 0 Å². The van der Waals surface area contributed by atoms with Crippen LogP contribution in [0.1, 0.15) is 57.8 Å². The van der Waals surface area contributed by atoms with Crippen molar-refractivity contribution in [1.29, 1.82) is 0 Å². The van der Waals surface area contributed by atoms with Gasteiger partial charge in [-0.25, -0.2) is 0 Å². The summed E-state index contributed by atoms with van der Waals surface area (Å²) in [5, 5.41) is 3.60. The van der Waals surface area contributed by atoms with Crippen molar-refractivity contribution in [2.24, 2.45) is 0 Å². The van der Waals surface area contributed by atoms with E-state index in [9.17, 15) is 0 Å². The summed E-state index contributed by atoms with van der Waals surface area (Å²) in [7, 11) is 4.58. The van der Waals surface area contributed by atoms with Crippen LogP contribution in [0.5, 0.6) is 0 Å². The SMILES string of the molecule is CN1CCCCCNCCCC[CH]([Ti+3])N(C)CCCCC1.[Cl-].[Cl-].[Cl-]. The molecule has 0 aromatic carbocycles. The standard InChI is InChI=1S/C17H36N3.3ClH.Ti/c1-19-14-8-3-6-12-18-13-7-4-9-15-20(2)17-11-5-10-16-19;;;;/h14,18H,3-13,15-17H2,1-2H3;3*1H;/q;;;;+3/p-3. The Kier molecular flexibility index (Phi) is 26.1. The van der Waals surface area contributed by atoms with Gasteiger partial charge >= 0.3 is 145 Å². The maximum atomic E-state index is 3.60. The topological polar surface area (TPSA) is 18.5 Å². The van der Waals surface area contributed by atoms with Crippen LogP contribution in [0.4, 0.5) is 0 Å². The van der Waals surface area contributed by atoms with E-state index in [1.807, 2.05) is 0 Å². The molecule has 0 spiro atoms. The summed E-state index contributed by atoms with van der Waals surface area (Å²) in [4.78, 5) is 5.07. The van der Waals surface area contributed by atoms with E-state index >= 15 is 0 Å². The third kappa shape index (κ3) is 16.9. The van der Waals surface area contributed by atoms with Crippen molar-refractivity contribution in [3.63, 3.8) is 0 Å². The van der Waals surface area contributed by atoms with Crippen molar-refractivity contribution in [1.82, 2.24) is 15.1 Å². The smallest absolute Gasteiger partial charge is 1.00 e. The molecule has 1 aliphatic rings. The summed E-state index contributed by atoms with van der Waals surface area (Å²) in [6.45, 7) is 6.23. The maximum absolute atomic E-state index is 3.60. The van der Waals surface area contributed by atoms with E-state index < -0.39 is 0 Å². The van der Waals surface area contributed by atoms with Gasteiger partial charge in [0.05, 0.1) is 0 Å². The number of hydrogen-bond donors (Lipinski definition) is 1. The first-order valence-corrected chi connectivity index (χ1v) is 9.91. The second-order valence-corrected chi connectivity index (χ2v) is 7.71. The van der Waals surface area contributed by atoms with Crippen LogP contribution in [0, 0.1) is 0 Å². The fourth-order valence-electron chi connectivity index (χ4n) is 2.93. The van der Waals surface area contributed by atoms with Gasteiger partial charge in [0.1, 0.15) is 0 Å². The summed E-state index contributed by atoms with van der Waals surface area (Å²) in [5.41, 5.74) is 0. The van der Waals surface area contributed by atoms with Gasteiger partial charge in [-0.15, -0.1) is 0 Å².